The average Bonchev–Trinajstić information content (AvgIpc) is 3.21. The van der Waals surface area contributed by atoms with Gasteiger partial charge in [-0.2, -0.15) is 4.98 Å². The van der Waals surface area contributed by atoms with Gasteiger partial charge in [-0.15, -0.1) is 0 Å². The van der Waals surface area contributed by atoms with Crippen LogP contribution in [0.2, 0.25) is 0 Å². The van der Waals surface area contributed by atoms with Crippen molar-refractivity contribution < 1.29 is 28.3 Å². The van der Waals surface area contributed by atoms with E-state index >= 15 is 0 Å². The minimum absolute atomic E-state index is 0.134. The predicted molar refractivity (Wildman–Crippen MR) is 108 cm³/mol. The second kappa shape index (κ2) is 8.67. The number of Topliss-reactive ketones (excluding diaryl/α,β-unsaturated/α-hetero) is 1. The summed E-state index contributed by atoms with van der Waals surface area (Å²) in [5.41, 5.74) is 0.546. The van der Waals surface area contributed by atoms with Crippen molar-refractivity contribution in [3.8, 4) is 17.1 Å². The van der Waals surface area contributed by atoms with Crippen molar-refractivity contribution in [3.63, 3.8) is 0 Å². The first-order chi connectivity index (χ1) is 15.0. The third-order valence-electron chi connectivity index (χ3n) is 5.44. The Labute approximate surface area is 177 Å². The molecule has 0 bridgehead atoms. The first kappa shape index (κ1) is 20.7. The van der Waals surface area contributed by atoms with E-state index in [2.05, 4.69) is 10.1 Å². The number of aromatic nitrogens is 2. The highest BCUT2D eigenvalue weighted by Gasteiger charge is 2.26. The number of aromatic carboxylic acids is 1. The van der Waals surface area contributed by atoms with E-state index in [9.17, 15) is 14.0 Å². The molecule has 0 spiro atoms. The number of benzene rings is 2. The number of hydrogen-bond donors (Lipinski definition) is 1. The molecule has 7 nitrogen and oxygen atoms in total. The largest absolute Gasteiger partial charge is 0.481 e. The van der Waals surface area contributed by atoms with Crippen LogP contribution in [-0.4, -0.2) is 27.0 Å². The molecule has 1 atom stereocenters. The molecule has 1 unspecified atom stereocenters. The molecular formula is C23H21FN2O5. The molecule has 4 rings (SSSR count). The molecule has 1 aliphatic carbocycles. The summed E-state index contributed by atoms with van der Waals surface area (Å²) >= 11 is 0. The van der Waals surface area contributed by atoms with Gasteiger partial charge in [-0.3, -0.25) is 4.79 Å². The number of carboxylic acids is 1. The number of carbonyl (C=O) groups is 2. The number of carboxylic acid groups (broad SMARTS) is 1. The van der Waals surface area contributed by atoms with Crippen LogP contribution in [0.3, 0.4) is 0 Å². The maximum Gasteiger partial charge on any atom is 0.338 e. The third kappa shape index (κ3) is 4.33. The number of nitrogens with zero attached hydrogens (tertiary/aromatic N) is 2. The Morgan fingerprint density at radius 3 is 2.55 bits per heavy atom. The smallest absolute Gasteiger partial charge is 0.338 e. The normalized spacial score (nSPS) is 14.6. The molecule has 8 heteroatoms. The van der Waals surface area contributed by atoms with Crippen molar-refractivity contribution >= 4 is 11.8 Å². The number of hydrogen-bond acceptors (Lipinski definition) is 6. The quantitative estimate of drug-likeness (QED) is 0.503. The van der Waals surface area contributed by atoms with Gasteiger partial charge in [-0.05, 0) is 61.7 Å². The molecule has 31 heavy (non-hydrogen) atoms. The van der Waals surface area contributed by atoms with Crippen LogP contribution in [0.1, 0.15) is 65.3 Å². The lowest BCUT2D eigenvalue weighted by atomic mass is 9.80. The van der Waals surface area contributed by atoms with E-state index < -0.39 is 23.5 Å². The Hall–Kier alpha value is -3.55. The van der Waals surface area contributed by atoms with E-state index in [4.69, 9.17) is 14.4 Å². The fraction of sp³-hybridized carbons (Fsp3) is 0.304. The summed E-state index contributed by atoms with van der Waals surface area (Å²) < 4.78 is 25.2. The average molecular weight is 424 g/mol. The SMILES string of the molecule is CCC(Oc1ccc(C(=O)C2CCC2)cc1)c1nc(-c2ccc(C(=O)O)c(F)c2)no1. The van der Waals surface area contributed by atoms with Crippen molar-refractivity contribution in [1.29, 1.82) is 0 Å². The zero-order valence-electron chi connectivity index (χ0n) is 16.9. The van der Waals surface area contributed by atoms with E-state index in [1.54, 1.807) is 24.3 Å². The molecule has 1 saturated carbocycles. The number of ketones is 1. The van der Waals surface area contributed by atoms with E-state index in [1.807, 2.05) is 6.92 Å². The van der Waals surface area contributed by atoms with Gasteiger partial charge in [0.15, 0.2) is 11.9 Å². The van der Waals surface area contributed by atoms with Gasteiger partial charge >= 0.3 is 5.97 Å². The molecule has 1 N–H and O–H groups in total. The molecule has 0 aliphatic heterocycles. The number of halogens is 1. The standard InChI is InChI=1S/C23H21FN2O5/c1-2-19(30-16-9-6-14(7-10-16)20(27)13-4-3-5-13)22-25-21(26-31-22)15-8-11-17(23(28)29)18(24)12-15/h6-13,19H,2-5H2,1H3,(H,28,29). The van der Waals surface area contributed by atoms with E-state index in [0.717, 1.165) is 31.4 Å². The zero-order valence-corrected chi connectivity index (χ0v) is 16.9. The molecule has 1 aliphatic rings. The second-order valence-corrected chi connectivity index (χ2v) is 7.49. The molecule has 0 amide bonds. The Bertz CT molecular complexity index is 1110. The fourth-order valence-corrected chi connectivity index (χ4v) is 3.39. The highest BCUT2D eigenvalue weighted by atomic mass is 19.1. The summed E-state index contributed by atoms with van der Waals surface area (Å²) in [5.74, 6) is -0.999. The monoisotopic (exact) mass is 424 g/mol. The van der Waals surface area contributed by atoms with Crippen LogP contribution >= 0.6 is 0 Å². The maximum atomic E-state index is 14.0. The molecule has 0 saturated heterocycles. The minimum atomic E-state index is -1.35. The Morgan fingerprint density at radius 2 is 1.97 bits per heavy atom. The lowest BCUT2D eigenvalue weighted by Gasteiger charge is -2.23. The van der Waals surface area contributed by atoms with Crippen molar-refractivity contribution in [1.82, 2.24) is 10.1 Å². The molecule has 1 aromatic heterocycles. The van der Waals surface area contributed by atoms with Gasteiger partial charge in [0, 0.05) is 17.0 Å². The topological polar surface area (TPSA) is 103 Å². The number of ether oxygens (including phenoxy) is 1. The lowest BCUT2D eigenvalue weighted by molar-refractivity contribution is 0.0691. The van der Waals surface area contributed by atoms with Crippen LogP contribution in [0.4, 0.5) is 4.39 Å². The van der Waals surface area contributed by atoms with E-state index in [-0.39, 0.29) is 23.4 Å². The van der Waals surface area contributed by atoms with Crippen LogP contribution < -0.4 is 4.74 Å². The van der Waals surface area contributed by atoms with Gasteiger partial charge in [-0.25, -0.2) is 9.18 Å². The zero-order chi connectivity index (χ0) is 22.0. The highest BCUT2D eigenvalue weighted by molar-refractivity contribution is 5.98. The second-order valence-electron chi connectivity index (χ2n) is 7.49. The minimum Gasteiger partial charge on any atom is -0.481 e. The van der Waals surface area contributed by atoms with Gasteiger partial charge < -0.3 is 14.4 Å². The van der Waals surface area contributed by atoms with Crippen molar-refractivity contribution in [3.05, 3.63) is 65.3 Å². The van der Waals surface area contributed by atoms with Crippen LogP contribution in [0, 0.1) is 11.7 Å². The molecule has 1 fully saturated rings. The van der Waals surface area contributed by atoms with E-state index in [1.165, 1.54) is 6.07 Å². The van der Waals surface area contributed by atoms with Gasteiger partial charge in [0.05, 0.1) is 5.56 Å². The first-order valence-electron chi connectivity index (χ1n) is 10.1. The summed E-state index contributed by atoms with van der Waals surface area (Å²) in [7, 11) is 0. The molecular weight excluding hydrogens is 403 g/mol. The summed E-state index contributed by atoms with van der Waals surface area (Å²) in [6.07, 6.45) is 3.03. The molecule has 3 aromatic rings. The third-order valence-corrected chi connectivity index (χ3v) is 5.44. The summed E-state index contributed by atoms with van der Waals surface area (Å²) in [6, 6.07) is 10.6. The van der Waals surface area contributed by atoms with Crippen molar-refractivity contribution in [2.75, 3.05) is 0 Å². The van der Waals surface area contributed by atoms with Crippen LogP contribution in [0.5, 0.6) is 5.75 Å². The Kier molecular flexibility index (Phi) is 5.79. The Balaban J connectivity index is 1.47. The summed E-state index contributed by atoms with van der Waals surface area (Å²) in [6.45, 7) is 1.89. The fourth-order valence-electron chi connectivity index (χ4n) is 3.39. The van der Waals surface area contributed by atoms with Crippen molar-refractivity contribution in [2.45, 2.75) is 38.7 Å². The number of rotatable bonds is 8. The molecule has 0 radical (unpaired) electrons. The Morgan fingerprint density at radius 1 is 1.23 bits per heavy atom. The van der Waals surface area contributed by atoms with Gasteiger partial charge in [0.2, 0.25) is 5.82 Å². The van der Waals surface area contributed by atoms with Crippen LogP contribution in [-0.2, 0) is 0 Å². The van der Waals surface area contributed by atoms with Crippen LogP contribution in [0.25, 0.3) is 11.4 Å². The first-order valence-corrected chi connectivity index (χ1v) is 10.1. The van der Waals surface area contributed by atoms with Crippen LogP contribution in [0.15, 0.2) is 47.0 Å². The molecule has 2 aromatic carbocycles. The number of carbonyl (C=O) groups excluding carboxylic acids is 1. The van der Waals surface area contributed by atoms with E-state index in [0.29, 0.717) is 23.3 Å². The lowest BCUT2D eigenvalue weighted by Crippen LogP contribution is -2.21. The summed E-state index contributed by atoms with van der Waals surface area (Å²) in [4.78, 5) is 27.6. The highest BCUT2D eigenvalue weighted by Crippen LogP contribution is 2.31. The van der Waals surface area contributed by atoms with Gasteiger partial charge in [0.1, 0.15) is 11.6 Å². The maximum absolute atomic E-state index is 14.0. The van der Waals surface area contributed by atoms with Crippen molar-refractivity contribution in [2.24, 2.45) is 5.92 Å². The summed E-state index contributed by atoms with van der Waals surface area (Å²) in [5, 5.41) is 12.8. The molecule has 1 heterocycles. The predicted octanol–water partition coefficient (Wildman–Crippen LogP) is 5.09. The van der Waals surface area contributed by atoms with Gasteiger partial charge in [-0.1, -0.05) is 18.5 Å². The molecule has 160 valence electrons. The van der Waals surface area contributed by atoms with Gasteiger partial charge in [0.25, 0.3) is 5.89 Å².